The Morgan fingerprint density at radius 3 is 2.71 bits per heavy atom. The molecular weight excluding hydrogens is 330 g/mol. The summed E-state index contributed by atoms with van der Waals surface area (Å²) in [4.78, 5) is 28.2. The lowest BCUT2D eigenvalue weighted by Gasteiger charge is -2.11. The van der Waals surface area contributed by atoms with Crippen molar-refractivity contribution in [3.8, 4) is 5.75 Å². The zero-order valence-electron chi connectivity index (χ0n) is 12.8. The average molecular weight is 344 g/mol. The maximum atomic E-state index is 12.5. The lowest BCUT2D eigenvalue weighted by atomic mass is 10.2. The quantitative estimate of drug-likeness (QED) is 0.721. The van der Waals surface area contributed by atoms with Gasteiger partial charge in [-0.3, -0.25) is 14.0 Å². The van der Waals surface area contributed by atoms with Crippen LogP contribution in [0.3, 0.4) is 0 Å². The minimum atomic E-state index is -0.451. The normalized spacial score (nSPS) is 10.6. The van der Waals surface area contributed by atoms with E-state index < -0.39 is 5.56 Å². The van der Waals surface area contributed by atoms with Crippen LogP contribution in [0.4, 0.5) is 5.82 Å². The summed E-state index contributed by atoms with van der Waals surface area (Å²) in [6.07, 6.45) is 2.05. The molecule has 3 rings (SSSR count). The van der Waals surface area contributed by atoms with Gasteiger partial charge < -0.3 is 10.1 Å². The molecule has 2 heterocycles. The van der Waals surface area contributed by atoms with Crippen LogP contribution >= 0.6 is 11.6 Å². The van der Waals surface area contributed by atoms with Crippen LogP contribution in [0, 0.1) is 0 Å². The molecular formula is C17H14ClN3O3. The molecule has 0 saturated carbocycles. The van der Waals surface area contributed by atoms with E-state index in [1.807, 2.05) is 12.1 Å². The number of anilines is 1. The van der Waals surface area contributed by atoms with Gasteiger partial charge in [-0.05, 0) is 29.8 Å². The first-order chi connectivity index (χ1) is 11.6. The fraction of sp³-hybridized carbons (Fsp3) is 0.118. The minimum absolute atomic E-state index is 0.0327. The molecule has 1 aromatic carbocycles. The molecule has 6 nitrogen and oxygen atoms in total. The molecule has 0 fully saturated rings. The topological polar surface area (TPSA) is 72.7 Å². The standard InChI is InChI=1S/C17H14ClN3O3/c1-24-14-3-2-8-21-16(14)20-15(13(10-22)17(21)23)19-9-11-4-6-12(18)7-5-11/h2-8,10,19H,9H2,1H3. The Labute approximate surface area is 142 Å². The summed E-state index contributed by atoms with van der Waals surface area (Å²) >= 11 is 5.86. The van der Waals surface area contributed by atoms with Gasteiger partial charge in [0, 0.05) is 17.8 Å². The summed E-state index contributed by atoms with van der Waals surface area (Å²) in [6.45, 7) is 0.399. The van der Waals surface area contributed by atoms with Gasteiger partial charge in [-0.25, -0.2) is 4.98 Å². The van der Waals surface area contributed by atoms with Gasteiger partial charge in [0.2, 0.25) is 0 Å². The van der Waals surface area contributed by atoms with Crippen molar-refractivity contribution in [3.63, 3.8) is 0 Å². The van der Waals surface area contributed by atoms with Gasteiger partial charge in [0.25, 0.3) is 5.56 Å². The van der Waals surface area contributed by atoms with Crippen molar-refractivity contribution in [1.82, 2.24) is 9.38 Å². The van der Waals surface area contributed by atoms with Gasteiger partial charge >= 0.3 is 0 Å². The molecule has 0 aliphatic rings. The first kappa shape index (κ1) is 16.0. The molecule has 0 amide bonds. The molecule has 2 aromatic heterocycles. The van der Waals surface area contributed by atoms with Crippen LogP contribution in [-0.4, -0.2) is 22.8 Å². The Hall–Kier alpha value is -2.86. The molecule has 0 aliphatic carbocycles. The number of benzene rings is 1. The fourth-order valence-corrected chi connectivity index (χ4v) is 2.46. The van der Waals surface area contributed by atoms with Crippen LogP contribution < -0.4 is 15.6 Å². The lowest BCUT2D eigenvalue weighted by molar-refractivity contribution is 0.112. The smallest absolute Gasteiger partial charge is 0.270 e. The number of carbonyl (C=O) groups excluding carboxylic acids is 1. The third-order valence-electron chi connectivity index (χ3n) is 3.56. The lowest BCUT2D eigenvalue weighted by Crippen LogP contribution is -2.22. The highest BCUT2D eigenvalue weighted by molar-refractivity contribution is 6.30. The summed E-state index contributed by atoms with van der Waals surface area (Å²) in [5.41, 5.74) is 0.801. The van der Waals surface area contributed by atoms with Crippen molar-refractivity contribution < 1.29 is 9.53 Å². The summed E-state index contributed by atoms with van der Waals surface area (Å²) in [5.74, 6) is 0.663. The van der Waals surface area contributed by atoms with E-state index in [-0.39, 0.29) is 11.4 Å². The van der Waals surface area contributed by atoms with E-state index in [2.05, 4.69) is 10.3 Å². The molecule has 0 aliphatic heterocycles. The number of carbonyl (C=O) groups is 1. The summed E-state index contributed by atoms with van der Waals surface area (Å²) < 4.78 is 6.52. The fourth-order valence-electron chi connectivity index (χ4n) is 2.34. The van der Waals surface area contributed by atoms with E-state index in [0.29, 0.717) is 29.3 Å². The second-order valence-electron chi connectivity index (χ2n) is 5.05. The molecule has 122 valence electrons. The van der Waals surface area contributed by atoms with E-state index in [9.17, 15) is 9.59 Å². The number of aromatic nitrogens is 2. The highest BCUT2D eigenvalue weighted by Crippen LogP contribution is 2.19. The molecule has 0 atom stereocenters. The van der Waals surface area contributed by atoms with Gasteiger partial charge in [-0.1, -0.05) is 23.7 Å². The highest BCUT2D eigenvalue weighted by atomic mass is 35.5. The van der Waals surface area contributed by atoms with Crippen LogP contribution in [-0.2, 0) is 6.54 Å². The summed E-state index contributed by atoms with van der Waals surface area (Å²) in [6, 6.07) is 10.6. The number of hydrogen-bond donors (Lipinski definition) is 1. The van der Waals surface area contributed by atoms with Crippen molar-refractivity contribution in [2.24, 2.45) is 0 Å². The van der Waals surface area contributed by atoms with Crippen molar-refractivity contribution >= 4 is 29.4 Å². The molecule has 1 N–H and O–H groups in total. The van der Waals surface area contributed by atoms with Crippen LogP contribution in [0.25, 0.3) is 5.65 Å². The number of halogens is 1. The maximum absolute atomic E-state index is 12.5. The SMILES string of the molecule is COc1cccn2c(=O)c(C=O)c(NCc3ccc(Cl)cc3)nc12. The van der Waals surface area contributed by atoms with Crippen molar-refractivity contribution in [2.75, 3.05) is 12.4 Å². The summed E-state index contributed by atoms with van der Waals surface area (Å²) in [5, 5.41) is 3.67. The second kappa shape index (κ2) is 6.72. The number of aldehydes is 1. The number of nitrogens with one attached hydrogen (secondary N) is 1. The second-order valence-corrected chi connectivity index (χ2v) is 5.48. The zero-order chi connectivity index (χ0) is 17.1. The largest absolute Gasteiger partial charge is 0.493 e. The van der Waals surface area contributed by atoms with Gasteiger partial charge in [0.1, 0.15) is 11.4 Å². The predicted octanol–water partition coefficient (Wildman–Crippen LogP) is 2.78. The van der Waals surface area contributed by atoms with Gasteiger partial charge in [0.05, 0.1) is 7.11 Å². The van der Waals surface area contributed by atoms with Crippen molar-refractivity contribution in [3.05, 3.63) is 69.1 Å². The Morgan fingerprint density at radius 1 is 1.29 bits per heavy atom. The van der Waals surface area contributed by atoms with E-state index in [1.165, 1.54) is 11.5 Å². The number of fused-ring (bicyclic) bond motifs is 1. The van der Waals surface area contributed by atoms with E-state index >= 15 is 0 Å². The Bertz CT molecular complexity index is 952. The monoisotopic (exact) mass is 343 g/mol. The number of methoxy groups -OCH3 is 1. The molecule has 24 heavy (non-hydrogen) atoms. The number of rotatable bonds is 5. The zero-order valence-corrected chi connectivity index (χ0v) is 13.6. The first-order valence-corrected chi connectivity index (χ1v) is 7.54. The van der Waals surface area contributed by atoms with E-state index in [4.69, 9.17) is 16.3 Å². The Kier molecular flexibility index (Phi) is 4.48. The third-order valence-corrected chi connectivity index (χ3v) is 3.82. The number of hydrogen-bond acceptors (Lipinski definition) is 5. The van der Waals surface area contributed by atoms with Crippen LogP contribution in [0.15, 0.2) is 47.4 Å². The van der Waals surface area contributed by atoms with E-state index in [1.54, 1.807) is 30.5 Å². The highest BCUT2D eigenvalue weighted by Gasteiger charge is 2.14. The van der Waals surface area contributed by atoms with Crippen LogP contribution in [0.1, 0.15) is 15.9 Å². The third kappa shape index (κ3) is 2.96. The first-order valence-electron chi connectivity index (χ1n) is 7.17. The van der Waals surface area contributed by atoms with E-state index in [0.717, 1.165) is 5.56 Å². The molecule has 7 heteroatoms. The molecule has 0 radical (unpaired) electrons. The predicted molar refractivity (Wildman–Crippen MR) is 92.2 cm³/mol. The Morgan fingerprint density at radius 2 is 2.04 bits per heavy atom. The minimum Gasteiger partial charge on any atom is -0.493 e. The summed E-state index contributed by atoms with van der Waals surface area (Å²) in [7, 11) is 1.50. The van der Waals surface area contributed by atoms with Crippen molar-refractivity contribution in [1.29, 1.82) is 0 Å². The maximum Gasteiger partial charge on any atom is 0.270 e. The van der Waals surface area contributed by atoms with Crippen LogP contribution in [0.2, 0.25) is 5.02 Å². The van der Waals surface area contributed by atoms with Gasteiger partial charge in [-0.15, -0.1) is 0 Å². The van der Waals surface area contributed by atoms with Crippen molar-refractivity contribution in [2.45, 2.75) is 6.54 Å². The molecule has 0 saturated heterocycles. The molecule has 3 aromatic rings. The van der Waals surface area contributed by atoms with Gasteiger partial charge in [0.15, 0.2) is 17.7 Å². The number of ether oxygens (including phenoxy) is 1. The number of nitrogens with zero attached hydrogens (tertiary/aromatic N) is 2. The van der Waals surface area contributed by atoms with Crippen LogP contribution in [0.5, 0.6) is 5.75 Å². The molecule has 0 bridgehead atoms. The Balaban J connectivity index is 2.04. The molecule has 0 spiro atoms. The molecule has 0 unspecified atom stereocenters. The van der Waals surface area contributed by atoms with Gasteiger partial charge in [-0.2, -0.15) is 0 Å². The number of pyridine rings is 1. The average Bonchev–Trinajstić information content (AvgIpc) is 2.61.